The van der Waals surface area contributed by atoms with E-state index in [1.807, 2.05) is 35.2 Å². The van der Waals surface area contributed by atoms with Crippen molar-refractivity contribution in [3.05, 3.63) is 65.2 Å². The Morgan fingerprint density at radius 2 is 1.91 bits per heavy atom. The fraction of sp³-hybridized carbons (Fsp3) is 0.217. The lowest BCUT2D eigenvalue weighted by atomic mass is 10.1. The molecule has 3 heterocycles. The minimum Gasteiger partial charge on any atom is -0.384 e. The SMILES string of the molecule is Nc1ccc2cc(CN3CCN(S(=O)(=O)c4cc5ccc(Cl)cc5s4)CC3C=O)ccc2n1. The Kier molecular flexibility index (Phi) is 5.84. The van der Waals surface area contributed by atoms with Crippen molar-refractivity contribution in [2.45, 2.75) is 16.8 Å². The number of hydrogen-bond acceptors (Lipinski definition) is 7. The highest BCUT2D eigenvalue weighted by Crippen LogP contribution is 2.33. The molecule has 33 heavy (non-hydrogen) atoms. The van der Waals surface area contributed by atoms with Gasteiger partial charge in [0.15, 0.2) is 0 Å². The maximum Gasteiger partial charge on any atom is 0.252 e. The Morgan fingerprint density at radius 3 is 2.73 bits per heavy atom. The van der Waals surface area contributed by atoms with Crippen LogP contribution in [0.4, 0.5) is 5.82 Å². The van der Waals surface area contributed by atoms with Crippen molar-refractivity contribution in [3.8, 4) is 0 Å². The number of nitrogen functional groups attached to an aromatic ring is 1. The quantitative estimate of drug-likeness (QED) is 0.419. The number of rotatable bonds is 5. The van der Waals surface area contributed by atoms with Crippen LogP contribution < -0.4 is 5.73 Å². The molecular weight excluding hydrogens is 480 g/mol. The number of thiophene rings is 1. The molecule has 1 saturated heterocycles. The highest BCUT2D eigenvalue weighted by atomic mass is 35.5. The maximum atomic E-state index is 13.3. The third-order valence-corrected chi connectivity index (χ3v) is 9.52. The number of carbonyl (C=O) groups excluding carboxylic acids is 1. The second-order valence-corrected chi connectivity index (χ2v) is 11.7. The number of nitrogens with zero attached hydrogens (tertiary/aromatic N) is 3. The molecule has 5 rings (SSSR count). The third-order valence-electron chi connectivity index (χ3n) is 5.87. The van der Waals surface area contributed by atoms with Gasteiger partial charge in [-0.2, -0.15) is 4.31 Å². The summed E-state index contributed by atoms with van der Waals surface area (Å²) in [5, 5.41) is 2.37. The number of anilines is 1. The Morgan fingerprint density at radius 1 is 1.09 bits per heavy atom. The molecule has 2 N–H and O–H groups in total. The molecular formula is C23H21ClN4O3S2. The van der Waals surface area contributed by atoms with E-state index >= 15 is 0 Å². The lowest BCUT2D eigenvalue weighted by Gasteiger charge is -2.38. The Balaban J connectivity index is 1.34. The van der Waals surface area contributed by atoms with Crippen molar-refractivity contribution in [2.75, 3.05) is 25.4 Å². The number of nitrogens with two attached hydrogens (primary N) is 1. The van der Waals surface area contributed by atoms with E-state index < -0.39 is 16.1 Å². The number of aromatic nitrogens is 1. The van der Waals surface area contributed by atoms with E-state index in [1.165, 1.54) is 15.6 Å². The molecule has 1 aliphatic rings. The fourth-order valence-corrected chi connectivity index (χ4v) is 7.40. The van der Waals surface area contributed by atoms with Crippen molar-refractivity contribution in [3.63, 3.8) is 0 Å². The van der Waals surface area contributed by atoms with Crippen molar-refractivity contribution < 1.29 is 13.2 Å². The summed E-state index contributed by atoms with van der Waals surface area (Å²) in [5.41, 5.74) is 7.59. The predicted octanol–water partition coefficient (Wildman–Crippen LogP) is 3.76. The van der Waals surface area contributed by atoms with Gasteiger partial charge in [0, 0.05) is 41.3 Å². The van der Waals surface area contributed by atoms with Crippen LogP contribution in [-0.4, -0.2) is 54.6 Å². The van der Waals surface area contributed by atoms with E-state index in [0.717, 1.165) is 32.8 Å². The van der Waals surface area contributed by atoms with Crippen LogP contribution in [0.2, 0.25) is 5.02 Å². The molecule has 2 aromatic carbocycles. The molecule has 1 aliphatic heterocycles. The Labute approximate surface area is 200 Å². The number of carbonyl (C=O) groups is 1. The van der Waals surface area contributed by atoms with E-state index in [4.69, 9.17) is 17.3 Å². The largest absolute Gasteiger partial charge is 0.384 e. The minimum atomic E-state index is -3.71. The van der Waals surface area contributed by atoms with Gasteiger partial charge in [-0.25, -0.2) is 13.4 Å². The third kappa shape index (κ3) is 4.34. The van der Waals surface area contributed by atoms with Crippen molar-refractivity contribution in [1.29, 1.82) is 0 Å². The molecule has 0 radical (unpaired) electrons. The highest BCUT2D eigenvalue weighted by molar-refractivity contribution is 7.91. The molecule has 170 valence electrons. The molecule has 1 atom stereocenters. The predicted molar refractivity (Wildman–Crippen MR) is 132 cm³/mol. The van der Waals surface area contributed by atoms with Gasteiger partial charge < -0.3 is 10.5 Å². The summed E-state index contributed by atoms with van der Waals surface area (Å²) in [4.78, 5) is 18.2. The number of halogens is 1. The van der Waals surface area contributed by atoms with Crippen LogP contribution in [0.3, 0.4) is 0 Å². The van der Waals surface area contributed by atoms with Crippen LogP contribution >= 0.6 is 22.9 Å². The second-order valence-electron chi connectivity index (χ2n) is 8.05. The molecule has 0 saturated carbocycles. The standard InChI is InChI=1S/C23H21ClN4O3S2/c24-18-4-2-17-10-23(32-21(17)11-18)33(30,31)28-8-7-27(19(13-28)14-29)12-15-1-5-20-16(9-15)3-6-22(25)26-20/h1-6,9-11,14,19H,7-8,12-13H2,(H2,25,26). The van der Waals surface area contributed by atoms with E-state index in [0.29, 0.717) is 30.5 Å². The second kappa shape index (κ2) is 8.66. The van der Waals surface area contributed by atoms with Crippen molar-refractivity contribution in [1.82, 2.24) is 14.2 Å². The molecule has 0 amide bonds. The topological polar surface area (TPSA) is 96.6 Å². The first-order chi connectivity index (χ1) is 15.8. The monoisotopic (exact) mass is 500 g/mol. The van der Waals surface area contributed by atoms with Gasteiger partial charge in [-0.1, -0.05) is 23.7 Å². The van der Waals surface area contributed by atoms with Gasteiger partial charge in [-0.05, 0) is 53.4 Å². The number of pyridine rings is 1. The van der Waals surface area contributed by atoms with Crippen LogP contribution in [0, 0.1) is 0 Å². The average Bonchev–Trinajstić information content (AvgIpc) is 3.23. The van der Waals surface area contributed by atoms with Gasteiger partial charge in [0.2, 0.25) is 0 Å². The number of piperazine rings is 1. The van der Waals surface area contributed by atoms with Crippen LogP contribution in [0.15, 0.2) is 58.8 Å². The number of sulfonamides is 1. The fourth-order valence-electron chi connectivity index (χ4n) is 4.12. The molecule has 4 aromatic rings. The lowest BCUT2D eigenvalue weighted by molar-refractivity contribution is -0.114. The molecule has 7 nitrogen and oxygen atoms in total. The smallest absolute Gasteiger partial charge is 0.252 e. The van der Waals surface area contributed by atoms with Crippen LogP contribution in [0.1, 0.15) is 5.56 Å². The number of fused-ring (bicyclic) bond motifs is 2. The van der Waals surface area contributed by atoms with Crippen molar-refractivity contribution in [2.24, 2.45) is 0 Å². The van der Waals surface area contributed by atoms with E-state index in [9.17, 15) is 13.2 Å². The molecule has 0 aliphatic carbocycles. The molecule has 10 heteroatoms. The summed E-state index contributed by atoms with van der Waals surface area (Å²) in [7, 11) is -3.71. The zero-order valence-corrected chi connectivity index (χ0v) is 19.9. The Hall–Kier alpha value is -2.56. The van der Waals surface area contributed by atoms with E-state index in [-0.39, 0.29) is 10.8 Å². The number of aldehydes is 1. The number of hydrogen-bond donors (Lipinski definition) is 1. The molecule has 1 fully saturated rings. The van der Waals surface area contributed by atoms with Crippen molar-refractivity contribution >= 4 is 66.1 Å². The summed E-state index contributed by atoms with van der Waals surface area (Å²) in [6.07, 6.45) is 0.829. The highest BCUT2D eigenvalue weighted by Gasteiger charge is 2.35. The Bertz CT molecular complexity index is 1470. The van der Waals surface area contributed by atoms with Crippen LogP contribution in [0.5, 0.6) is 0 Å². The van der Waals surface area contributed by atoms with Gasteiger partial charge in [0.05, 0.1) is 11.6 Å². The zero-order chi connectivity index (χ0) is 23.2. The summed E-state index contributed by atoms with van der Waals surface area (Å²) in [5.74, 6) is 0.468. The van der Waals surface area contributed by atoms with Gasteiger partial charge in [-0.3, -0.25) is 4.90 Å². The van der Waals surface area contributed by atoms with Gasteiger partial charge >= 0.3 is 0 Å². The first kappa shape index (κ1) is 22.2. The first-order valence-electron chi connectivity index (χ1n) is 10.4. The van der Waals surface area contributed by atoms with Gasteiger partial charge in [-0.15, -0.1) is 11.3 Å². The minimum absolute atomic E-state index is 0.118. The summed E-state index contributed by atoms with van der Waals surface area (Å²) in [6.45, 7) is 1.43. The molecule has 0 spiro atoms. The van der Waals surface area contributed by atoms with E-state index in [2.05, 4.69) is 4.98 Å². The normalized spacial score (nSPS) is 18.2. The molecule has 0 bridgehead atoms. The van der Waals surface area contributed by atoms with Crippen LogP contribution in [-0.2, 0) is 21.4 Å². The summed E-state index contributed by atoms with van der Waals surface area (Å²) < 4.78 is 29.1. The summed E-state index contributed by atoms with van der Waals surface area (Å²) in [6, 6.07) is 16.0. The van der Waals surface area contributed by atoms with Crippen LogP contribution in [0.25, 0.3) is 21.0 Å². The van der Waals surface area contributed by atoms with Gasteiger partial charge in [0.1, 0.15) is 16.3 Å². The van der Waals surface area contributed by atoms with Gasteiger partial charge in [0.25, 0.3) is 10.0 Å². The zero-order valence-electron chi connectivity index (χ0n) is 17.5. The lowest BCUT2D eigenvalue weighted by Crippen LogP contribution is -2.54. The van der Waals surface area contributed by atoms with E-state index in [1.54, 1.807) is 24.3 Å². The first-order valence-corrected chi connectivity index (χ1v) is 13.0. The molecule has 1 unspecified atom stereocenters. The molecule has 2 aromatic heterocycles. The number of benzene rings is 2. The summed E-state index contributed by atoms with van der Waals surface area (Å²) >= 11 is 7.24. The average molecular weight is 501 g/mol. The maximum absolute atomic E-state index is 13.3.